The monoisotopic (exact) mass is 409 g/mol. The fraction of sp³-hybridized carbons (Fsp3) is 0.318. The number of nitrogens with zero attached hydrogens (tertiary/aromatic N) is 3. The van der Waals surface area contributed by atoms with Crippen molar-refractivity contribution in [2.24, 2.45) is 0 Å². The van der Waals surface area contributed by atoms with Gasteiger partial charge in [-0.05, 0) is 36.8 Å². The van der Waals surface area contributed by atoms with Gasteiger partial charge in [-0.15, -0.1) is 11.3 Å². The van der Waals surface area contributed by atoms with E-state index in [1.807, 2.05) is 47.8 Å². The molecule has 7 heteroatoms. The Morgan fingerprint density at radius 1 is 1.14 bits per heavy atom. The second kappa shape index (κ2) is 8.61. The average Bonchev–Trinajstić information content (AvgIpc) is 3.48. The van der Waals surface area contributed by atoms with Gasteiger partial charge in [0.1, 0.15) is 11.3 Å². The Bertz CT molecular complexity index is 976. The maximum Gasteiger partial charge on any atom is 0.342 e. The average molecular weight is 410 g/mol. The lowest BCUT2D eigenvalue weighted by molar-refractivity contribution is -0.138. The van der Waals surface area contributed by atoms with Crippen LogP contribution in [-0.4, -0.2) is 45.8 Å². The number of likely N-dealkylation sites (tertiary alicyclic amines) is 1. The van der Waals surface area contributed by atoms with Gasteiger partial charge in [-0.25, -0.2) is 4.79 Å². The summed E-state index contributed by atoms with van der Waals surface area (Å²) in [7, 11) is 0. The third-order valence-corrected chi connectivity index (χ3v) is 5.85. The topological polar surface area (TPSA) is 64.4 Å². The minimum atomic E-state index is -0.811. The zero-order valence-electron chi connectivity index (χ0n) is 16.3. The summed E-state index contributed by atoms with van der Waals surface area (Å²) >= 11 is 1.51. The molecule has 1 aromatic carbocycles. The summed E-state index contributed by atoms with van der Waals surface area (Å²) in [5.74, 6) is -0.655. The number of carbonyl (C=O) groups is 2. The van der Waals surface area contributed by atoms with Gasteiger partial charge in [0.25, 0.3) is 5.91 Å². The van der Waals surface area contributed by atoms with Gasteiger partial charge in [-0.3, -0.25) is 9.48 Å². The maximum atomic E-state index is 12.9. The van der Waals surface area contributed by atoms with E-state index in [1.165, 1.54) is 11.3 Å². The molecule has 4 rings (SSSR count). The van der Waals surface area contributed by atoms with E-state index in [-0.39, 0.29) is 5.91 Å². The molecule has 0 aliphatic carbocycles. The van der Waals surface area contributed by atoms with E-state index in [4.69, 9.17) is 4.74 Å². The van der Waals surface area contributed by atoms with Gasteiger partial charge in [0.2, 0.25) is 0 Å². The lowest BCUT2D eigenvalue weighted by Gasteiger charge is -2.20. The summed E-state index contributed by atoms with van der Waals surface area (Å²) in [6.45, 7) is 3.65. The molecule has 3 aromatic rings. The maximum absolute atomic E-state index is 12.9. The molecule has 1 aliphatic heterocycles. The second-order valence-corrected chi connectivity index (χ2v) is 8.08. The van der Waals surface area contributed by atoms with Crippen molar-refractivity contribution in [2.75, 3.05) is 13.1 Å². The molecule has 1 aliphatic rings. The highest BCUT2D eigenvalue weighted by molar-refractivity contribution is 7.13. The highest BCUT2D eigenvalue weighted by atomic mass is 32.1. The molecule has 1 atom stereocenters. The van der Waals surface area contributed by atoms with E-state index in [2.05, 4.69) is 5.10 Å². The van der Waals surface area contributed by atoms with Crippen LogP contribution in [0.25, 0.3) is 10.6 Å². The standard InChI is InChI=1S/C22H23N3O3S/c1-16(21(26)24-11-5-6-12-24)28-22(27)18-15-25(14-17-8-3-2-4-9-17)23-20(18)19-10-7-13-29-19/h2-4,7-10,13,15-16H,5-6,11-12,14H2,1H3/t16-/m1/s1. The molecule has 0 spiro atoms. The normalized spacial score (nSPS) is 14.7. The summed E-state index contributed by atoms with van der Waals surface area (Å²) < 4.78 is 7.28. The fourth-order valence-corrected chi connectivity index (χ4v) is 4.21. The molecule has 29 heavy (non-hydrogen) atoms. The van der Waals surface area contributed by atoms with Gasteiger partial charge < -0.3 is 9.64 Å². The van der Waals surface area contributed by atoms with Crippen molar-refractivity contribution in [2.45, 2.75) is 32.4 Å². The molecule has 0 saturated carbocycles. The van der Waals surface area contributed by atoms with Crippen LogP contribution in [0.1, 0.15) is 35.7 Å². The molecule has 1 fully saturated rings. The number of hydrogen-bond donors (Lipinski definition) is 0. The van der Waals surface area contributed by atoms with E-state index in [1.54, 1.807) is 22.7 Å². The van der Waals surface area contributed by atoms with E-state index in [0.29, 0.717) is 17.8 Å². The number of aromatic nitrogens is 2. The Balaban J connectivity index is 1.56. The zero-order valence-corrected chi connectivity index (χ0v) is 17.1. The summed E-state index contributed by atoms with van der Waals surface area (Å²) in [6.07, 6.45) is 2.90. The summed E-state index contributed by atoms with van der Waals surface area (Å²) in [5.41, 5.74) is 2.05. The number of benzene rings is 1. The Hall–Kier alpha value is -2.93. The van der Waals surface area contributed by atoms with Crippen LogP contribution < -0.4 is 0 Å². The molecule has 0 N–H and O–H groups in total. The van der Waals surface area contributed by atoms with Gasteiger partial charge in [0, 0.05) is 19.3 Å². The summed E-state index contributed by atoms with van der Waals surface area (Å²) in [4.78, 5) is 28.1. The van der Waals surface area contributed by atoms with Crippen molar-refractivity contribution in [3.63, 3.8) is 0 Å². The number of hydrogen-bond acceptors (Lipinski definition) is 5. The molecular formula is C22H23N3O3S. The van der Waals surface area contributed by atoms with Crippen LogP contribution in [-0.2, 0) is 16.1 Å². The number of rotatable bonds is 6. The van der Waals surface area contributed by atoms with Crippen molar-refractivity contribution in [3.05, 3.63) is 65.2 Å². The van der Waals surface area contributed by atoms with Gasteiger partial charge in [-0.2, -0.15) is 5.10 Å². The minimum absolute atomic E-state index is 0.134. The van der Waals surface area contributed by atoms with Crippen molar-refractivity contribution < 1.29 is 14.3 Å². The Kier molecular flexibility index (Phi) is 5.76. The molecule has 0 unspecified atom stereocenters. The number of esters is 1. The van der Waals surface area contributed by atoms with Gasteiger partial charge in [0.15, 0.2) is 6.10 Å². The van der Waals surface area contributed by atoms with Crippen LogP contribution in [0.2, 0.25) is 0 Å². The molecule has 0 radical (unpaired) electrons. The first-order chi connectivity index (χ1) is 14.1. The zero-order chi connectivity index (χ0) is 20.2. The first kappa shape index (κ1) is 19.4. The predicted octanol–water partition coefficient (Wildman–Crippen LogP) is 3.83. The summed E-state index contributed by atoms with van der Waals surface area (Å²) in [6, 6.07) is 13.8. The molecule has 3 heterocycles. The third kappa shape index (κ3) is 4.40. The smallest absolute Gasteiger partial charge is 0.342 e. The Labute approximate surface area is 173 Å². The van der Waals surface area contributed by atoms with Crippen LogP contribution in [0.3, 0.4) is 0 Å². The number of carbonyl (C=O) groups excluding carboxylic acids is 2. The number of thiophene rings is 1. The highest BCUT2D eigenvalue weighted by Gasteiger charge is 2.28. The Morgan fingerprint density at radius 2 is 1.90 bits per heavy atom. The van der Waals surface area contributed by atoms with Crippen LogP contribution in [0.4, 0.5) is 0 Å². The SMILES string of the molecule is C[C@@H](OC(=O)c1cn(Cc2ccccc2)nc1-c1cccs1)C(=O)N1CCCC1. The molecule has 2 aromatic heterocycles. The fourth-order valence-electron chi connectivity index (χ4n) is 3.49. The molecule has 6 nitrogen and oxygen atoms in total. The Morgan fingerprint density at radius 3 is 2.59 bits per heavy atom. The molecule has 0 bridgehead atoms. The van der Waals surface area contributed by atoms with Crippen molar-refractivity contribution in [3.8, 4) is 10.6 Å². The summed E-state index contributed by atoms with van der Waals surface area (Å²) in [5, 5.41) is 6.57. The quantitative estimate of drug-likeness (QED) is 0.581. The van der Waals surface area contributed by atoms with Crippen LogP contribution in [0, 0.1) is 0 Å². The van der Waals surface area contributed by atoms with Crippen molar-refractivity contribution >= 4 is 23.2 Å². The van der Waals surface area contributed by atoms with Gasteiger partial charge in [-0.1, -0.05) is 36.4 Å². The first-order valence-corrected chi connectivity index (χ1v) is 10.6. The largest absolute Gasteiger partial charge is 0.449 e. The molecular weight excluding hydrogens is 386 g/mol. The predicted molar refractivity (Wildman–Crippen MR) is 112 cm³/mol. The molecule has 1 saturated heterocycles. The van der Waals surface area contributed by atoms with Crippen molar-refractivity contribution in [1.29, 1.82) is 0 Å². The van der Waals surface area contributed by atoms with Crippen LogP contribution in [0.5, 0.6) is 0 Å². The second-order valence-electron chi connectivity index (χ2n) is 7.13. The first-order valence-electron chi connectivity index (χ1n) is 9.77. The lowest BCUT2D eigenvalue weighted by Crippen LogP contribution is -2.38. The van der Waals surface area contributed by atoms with Gasteiger partial charge >= 0.3 is 5.97 Å². The van der Waals surface area contributed by atoms with Crippen molar-refractivity contribution in [1.82, 2.24) is 14.7 Å². The molecule has 1 amide bonds. The van der Waals surface area contributed by atoms with Gasteiger partial charge in [0.05, 0.1) is 11.4 Å². The molecule has 150 valence electrons. The van der Waals surface area contributed by atoms with Crippen LogP contribution >= 0.6 is 11.3 Å². The minimum Gasteiger partial charge on any atom is -0.449 e. The third-order valence-electron chi connectivity index (χ3n) is 4.97. The highest BCUT2D eigenvalue weighted by Crippen LogP contribution is 2.28. The number of amides is 1. The number of ether oxygens (including phenoxy) is 1. The van der Waals surface area contributed by atoms with E-state index < -0.39 is 12.1 Å². The lowest BCUT2D eigenvalue weighted by atomic mass is 10.2. The van der Waals surface area contributed by atoms with Crippen LogP contribution in [0.15, 0.2) is 54.0 Å². The van der Waals surface area contributed by atoms with E-state index in [9.17, 15) is 9.59 Å². The van der Waals surface area contributed by atoms with E-state index in [0.717, 1.165) is 36.4 Å². The van der Waals surface area contributed by atoms with E-state index >= 15 is 0 Å².